The summed E-state index contributed by atoms with van der Waals surface area (Å²) in [6.45, 7) is 0.462. The van der Waals surface area contributed by atoms with Crippen molar-refractivity contribution < 1.29 is 14.3 Å². The van der Waals surface area contributed by atoms with E-state index in [-0.39, 0.29) is 17.3 Å². The summed E-state index contributed by atoms with van der Waals surface area (Å²) in [5, 5.41) is 0. The molecule has 0 atom stereocenters. The molecule has 0 aromatic rings. The lowest BCUT2D eigenvalue weighted by molar-refractivity contribution is -0.116. The average molecular weight is 150 g/mol. The van der Waals surface area contributed by atoms with Crippen LogP contribution in [0, 0.1) is 0 Å². The average Bonchev–Trinajstić information content (AvgIpc) is 2.45. The van der Waals surface area contributed by atoms with E-state index in [4.69, 9.17) is 4.74 Å². The molecule has 2 rings (SSSR count). The molecule has 11 heavy (non-hydrogen) atoms. The summed E-state index contributed by atoms with van der Waals surface area (Å²) in [5.74, 6) is -0.00769. The number of carbonyl (C=O) groups is 2. The summed E-state index contributed by atoms with van der Waals surface area (Å²) < 4.78 is 5.00. The van der Waals surface area contributed by atoms with Gasteiger partial charge >= 0.3 is 0 Å². The highest BCUT2D eigenvalue weighted by molar-refractivity contribution is 6.19. The molecule has 0 N–H and O–H groups in total. The molecule has 0 bridgehead atoms. The zero-order valence-corrected chi connectivity index (χ0v) is 5.79. The van der Waals surface area contributed by atoms with E-state index in [1.807, 2.05) is 0 Å². The molecule has 3 heteroatoms. The number of hydrogen-bond donors (Lipinski definition) is 0. The largest absolute Gasteiger partial charge is 0.489 e. The lowest BCUT2D eigenvalue weighted by Gasteiger charge is -2.03. The van der Waals surface area contributed by atoms with Crippen LogP contribution < -0.4 is 0 Å². The maximum atomic E-state index is 11.0. The van der Waals surface area contributed by atoms with Crippen molar-refractivity contribution in [3.05, 3.63) is 23.5 Å². The van der Waals surface area contributed by atoms with E-state index in [2.05, 4.69) is 0 Å². The smallest absolute Gasteiger partial charge is 0.220 e. The minimum absolute atomic E-state index is 0.0860. The Bertz CT molecular complexity index is 268. The van der Waals surface area contributed by atoms with Crippen LogP contribution in [0.15, 0.2) is 23.5 Å². The Hall–Kier alpha value is -1.38. The SMILES string of the molecule is O=C1C=CC(=O)C2=C1CCO2. The van der Waals surface area contributed by atoms with Gasteiger partial charge in [-0.3, -0.25) is 9.59 Å². The minimum atomic E-state index is -0.183. The van der Waals surface area contributed by atoms with Crippen molar-refractivity contribution in [2.75, 3.05) is 6.61 Å². The molecule has 1 aliphatic carbocycles. The fraction of sp³-hybridized carbons (Fsp3) is 0.250. The highest BCUT2D eigenvalue weighted by Gasteiger charge is 2.28. The first kappa shape index (κ1) is 6.34. The first-order valence-electron chi connectivity index (χ1n) is 3.42. The Morgan fingerprint density at radius 3 is 2.64 bits per heavy atom. The molecule has 3 nitrogen and oxygen atoms in total. The molecule has 0 fully saturated rings. The number of rotatable bonds is 0. The van der Waals surface area contributed by atoms with Crippen molar-refractivity contribution in [1.29, 1.82) is 0 Å². The summed E-state index contributed by atoms with van der Waals surface area (Å²) >= 11 is 0. The Morgan fingerprint density at radius 1 is 1.18 bits per heavy atom. The maximum absolute atomic E-state index is 11.0. The predicted octanol–water partition coefficient (Wildman–Crippen LogP) is 0.369. The van der Waals surface area contributed by atoms with Crippen molar-refractivity contribution in [1.82, 2.24) is 0 Å². The summed E-state index contributed by atoms with van der Waals surface area (Å²) in [6, 6.07) is 0. The third-order valence-corrected chi connectivity index (χ3v) is 1.78. The Kier molecular flexibility index (Phi) is 1.18. The molecule has 1 heterocycles. The second-order valence-corrected chi connectivity index (χ2v) is 2.47. The van der Waals surface area contributed by atoms with Crippen LogP contribution >= 0.6 is 0 Å². The predicted molar refractivity (Wildman–Crippen MR) is 36.7 cm³/mol. The van der Waals surface area contributed by atoms with Gasteiger partial charge in [0.25, 0.3) is 0 Å². The van der Waals surface area contributed by atoms with E-state index in [0.29, 0.717) is 18.6 Å². The lowest BCUT2D eigenvalue weighted by atomic mass is 10.0. The number of carbonyl (C=O) groups excluding carboxylic acids is 2. The van der Waals surface area contributed by atoms with Gasteiger partial charge in [-0.2, -0.15) is 0 Å². The van der Waals surface area contributed by atoms with Crippen LogP contribution in [0.1, 0.15) is 6.42 Å². The number of ketones is 2. The fourth-order valence-corrected chi connectivity index (χ4v) is 1.24. The van der Waals surface area contributed by atoms with E-state index in [1.54, 1.807) is 0 Å². The molecule has 2 aliphatic rings. The second-order valence-electron chi connectivity index (χ2n) is 2.47. The lowest BCUT2D eigenvalue weighted by Crippen LogP contribution is -2.10. The summed E-state index contributed by atoms with van der Waals surface area (Å²) in [6.07, 6.45) is 3.13. The van der Waals surface area contributed by atoms with Gasteiger partial charge in [0.2, 0.25) is 5.78 Å². The van der Waals surface area contributed by atoms with Crippen molar-refractivity contribution >= 4 is 11.6 Å². The maximum Gasteiger partial charge on any atom is 0.220 e. The molecule has 0 amide bonds. The van der Waals surface area contributed by atoms with Gasteiger partial charge in [-0.05, 0) is 12.2 Å². The third kappa shape index (κ3) is 0.808. The van der Waals surface area contributed by atoms with Crippen LogP contribution in [0.25, 0.3) is 0 Å². The normalized spacial score (nSPS) is 22.2. The van der Waals surface area contributed by atoms with Crippen LogP contribution in [0.5, 0.6) is 0 Å². The van der Waals surface area contributed by atoms with Crippen molar-refractivity contribution in [3.63, 3.8) is 0 Å². The van der Waals surface area contributed by atoms with Gasteiger partial charge in [0.15, 0.2) is 11.5 Å². The van der Waals surface area contributed by atoms with Gasteiger partial charge in [-0.1, -0.05) is 0 Å². The van der Waals surface area contributed by atoms with Gasteiger partial charge in [-0.25, -0.2) is 0 Å². The molecule has 0 unspecified atom stereocenters. The van der Waals surface area contributed by atoms with Gasteiger partial charge < -0.3 is 4.74 Å². The number of ether oxygens (including phenoxy) is 1. The van der Waals surface area contributed by atoms with Crippen molar-refractivity contribution in [3.8, 4) is 0 Å². The van der Waals surface area contributed by atoms with Crippen LogP contribution in [0.4, 0.5) is 0 Å². The molecule has 0 spiro atoms. The standard InChI is InChI=1S/C8H6O3/c9-6-1-2-7(10)8-5(6)3-4-11-8/h1-2H,3-4H2. The van der Waals surface area contributed by atoms with Crippen molar-refractivity contribution in [2.45, 2.75) is 6.42 Å². The molecular formula is C8H6O3. The molecule has 0 aromatic carbocycles. The quantitative estimate of drug-likeness (QED) is 0.468. The molecule has 0 saturated carbocycles. The zero-order chi connectivity index (χ0) is 7.84. The topological polar surface area (TPSA) is 43.4 Å². The molecule has 1 aliphatic heterocycles. The van der Waals surface area contributed by atoms with Crippen molar-refractivity contribution in [2.24, 2.45) is 0 Å². The minimum Gasteiger partial charge on any atom is -0.489 e. The van der Waals surface area contributed by atoms with Crippen LogP contribution in [0.2, 0.25) is 0 Å². The first-order chi connectivity index (χ1) is 5.29. The summed E-state index contributed by atoms with van der Waals surface area (Å²) in [4.78, 5) is 22.0. The molecular weight excluding hydrogens is 144 g/mol. The Balaban J connectivity index is 2.47. The van der Waals surface area contributed by atoms with E-state index in [0.717, 1.165) is 0 Å². The second kappa shape index (κ2) is 2.05. The van der Waals surface area contributed by atoms with Crippen LogP contribution in [-0.4, -0.2) is 18.2 Å². The van der Waals surface area contributed by atoms with Gasteiger partial charge in [-0.15, -0.1) is 0 Å². The van der Waals surface area contributed by atoms with E-state index < -0.39 is 0 Å². The van der Waals surface area contributed by atoms with Crippen LogP contribution in [0.3, 0.4) is 0 Å². The third-order valence-electron chi connectivity index (χ3n) is 1.78. The first-order valence-corrected chi connectivity index (χ1v) is 3.42. The number of hydrogen-bond acceptors (Lipinski definition) is 3. The van der Waals surface area contributed by atoms with E-state index in [1.165, 1.54) is 12.2 Å². The van der Waals surface area contributed by atoms with E-state index in [9.17, 15) is 9.59 Å². The molecule has 0 radical (unpaired) electrons. The van der Waals surface area contributed by atoms with E-state index >= 15 is 0 Å². The fourth-order valence-electron chi connectivity index (χ4n) is 1.24. The van der Waals surface area contributed by atoms with Gasteiger partial charge in [0.1, 0.15) is 0 Å². The highest BCUT2D eigenvalue weighted by atomic mass is 16.5. The summed E-state index contributed by atoms with van der Waals surface area (Å²) in [7, 11) is 0. The Labute approximate surface area is 63.3 Å². The van der Waals surface area contributed by atoms with Gasteiger partial charge in [0, 0.05) is 12.0 Å². The summed E-state index contributed by atoms with van der Waals surface area (Å²) in [5.41, 5.74) is 0.539. The zero-order valence-electron chi connectivity index (χ0n) is 5.79. The molecule has 0 aromatic heterocycles. The highest BCUT2D eigenvalue weighted by Crippen LogP contribution is 2.24. The number of allylic oxidation sites excluding steroid dienone is 2. The Morgan fingerprint density at radius 2 is 1.91 bits per heavy atom. The van der Waals surface area contributed by atoms with Gasteiger partial charge in [0.05, 0.1) is 6.61 Å². The van der Waals surface area contributed by atoms with Crippen LogP contribution in [-0.2, 0) is 14.3 Å². The molecule has 56 valence electrons. The monoisotopic (exact) mass is 150 g/mol. The molecule has 0 saturated heterocycles.